The fraction of sp³-hybridized carbons (Fsp3) is 0.611. The summed E-state index contributed by atoms with van der Waals surface area (Å²) < 4.78 is 5.15. The lowest BCUT2D eigenvalue weighted by Crippen LogP contribution is -2.35. The quantitative estimate of drug-likeness (QED) is 0.919. The minimum absolute atomic E-state index is 0.0299. The van der Waals surface area contributed by atoms with Crippen molar-refractivity contribution in [2.24, 2.45) is 0 Å². The summed E-state index contributed by atoms with van der Waals surface area (Å²) in [6.07, 6.45) is 1.87. The van der Waals surface area contributed by atoms with Crippen LogP contribution in [0.15, 0.2) is 4.52 Å². The Bertz CT molecular complexity index is 729. The highest BCUT2D eigenvalue weighted by atomic mass is 16.5. The second-order valence-electron chi connectivity index (χ2n) is 6.73. The van der Waals surface area contributed by atoms with E-state index in [1.54, 1.807) is 6.92 Å². The van der Waals surface area contributed by atoms with Gasteiger partial charge in [0.25, 0.3) is 5.91 Å². The minimum Gasteiger partial charge on any atom is -0.361 e. The van der Waals surface area contributed by atoms with Crippen LogP contribution in [0.25, 0.3) is 0 Å². The fourth-order valence-corrected chi connectivity index (χ4v) is 3.38. The number of H-pyrrole nitrogens is 1. The molecule has 1 aliphatic heterocycles. The highest BCUT2D eigenvalue weighted by Gasteiger charge is 2.25. The molecular weight excluding hydrogens is 318 g/mol. The van der Waals surface area contributed by atoms with Crippen LogP contribution >= 0.6 is 0 Å². The third kappa shape index (κ3) is 3.76. The van der Waals surface area contributed by atoms with E-state index >= 15 is 0 Å². The second-order valence-corrected chi connectivity index (χ2v) is 6.73. The Morgan fingerprint density at radius 2 is 2.00 bits per heavy atom. The zero-order valence-corrected chi connectivity index (χ0v) is 15.6. The molecule has 1 amide bonds. The van der Waals surface area contributed by atoms with Gasteiger partial charge in [-0.1, -0.05) is 12.1 Å². The predicted octanol–water partition coefficient (Wildman–Crippen LogP) is 2.23. The van der Waals surface area contributed by atoms with Crippen LogP contribution in [-0.4, -0.2) is 57.0 Å². The number of nitrogens with one attached hydrogen (secondary N) is 1. The smallest absolute Gasteiger partial charge is 0.259 e. The number of rotatable bonds is 4. The van der Waals surface area contributed by atoms with Crippen LogP contribution in [-0.2, 0) is 13.0 Å². The molecule has 3 rings (SSSR count). The molecule has 2 aromatic heterocycles. The molecule has 3 heterocycles. The van der Waals surface area contributed by atoms with E-state index in [9.17, 15) is 4.79 Å². The van der Waals surface area contributed by atoms with Crippen LogP contribution in [0.4, 0.5) is 0 Å². The van der Waals surface area contributed by atoms with Gasteiger partial charge in [-0.25, -0.2) is 4.98 Å². The highest BCUT2D eigenvalue weighted by Crippen LogP contribution is 2.17. The average Bonchev–Trinajstić information content (AvgIpc) is 3.00. The van der Waals surface area contributed by atoms with Crippen LogP contribution < -0.4 is 0 Å². The molecule has 0 aliphatic carbocycles. The van der Waals surface area contributed by atoms with Crippen LogP contribution in [0, 0.1) is 20.8 Å². The molecule has 1 fully saturated rings. The van der Waals surface area contributed by atoms with E-state index in [1.165, 1.54) is 0 Å². The molecule has 7 heteroatoms. The highest BCUT2D eigenvalue weighted by molar-refractivity contribution is 5.96. The SMILES string of the molecule is CCc1nc(CN2CCCN(C(=O)c3c(C)noc3C)CC2)c(C)[nH]1. The first-order chi connectivity index (χ1) is 12.0. The van der Waals surface area contributed by atoms with E-state index in [0.29, 0.717) is 23.6 Å². The summed E-state index contributed by atoms with van der Waals surface area (Å²) in [4.78, 5) is 25.1. The summed E-state index contributed by atoms with van der Waals surface area (Å²) in [7, 11) is 0. The Balaban J connectivity index is 1.64. The molecule has 1 N–H and O–H groups in total. The summed E-state index contributed by atoms with van der Waals surface area (Å²) in [5.74, 6) is 1.67. The Morgan fingerprint density at radius 1 is 1.20 bits per heavy atom. The maximum absolute atomic E-state index is 12.8. The van der Waals surface area contributed by atoms with Crippen molar-refractivity contribution in [2.45, 2.75) is 47.1 Å². The van der Waals surface area contributed by atoms with Crippen molar-refractivity contribution in [2.75, 3.05) is 26.2 Å². The summed E-state index contributed by atoms with van der Waals surface area (Å²) in [5.41, 5.74) is 3.54. The number of imidazole rings is 1. The number of carbonyl (C=O) groups excluding carboxylic acids is 1. The third-order valence-electron chi connectivity index (χ3n) is 4.87. The average molecular weight is 345 g/mol. The monoisotopic (exact) mass is 345 g/mol. The zero-order valence-electron chi connectivity index (χ0n) is 15.6. The largest absolute Gasteiger partial charge is 0.361 e. The van der Waals surface area contributed by atoms with Crippen molar-refractivity contribution in [3.63, 3.8) is 0 Å². The van der Waals surface area contributed by atoms with Crippen LogP contribution in [0.2, 0.25) is 0 Å². The number of amides is 1. The number of nitrogens with zero attached hydrogens (tertiary/aromatic N) is 4. The lowest BCUT2D eigenvalue weighted by atomic mass is 10.1. The van der Waals surface area contributed by atoms with Crippen LogP contribution in [0.1, 0.15) is 52.4 Å². The Hall–Kier alpha value is -2.15. The maximum atomic E-state index is 12.8. The van der Waals surface area contributed by atoms with Crippen molar-refractivity contribution in [1.29, 1.82) is 0 Å². The molecule has 1 aliphatic rings. The third-order valence-corrected chi connectivity index (χ3v) is 4.87. The Morgan fingerprint density at radius 3 is 2.64 bits per heavy atom. The van der Waals surface area contributed by atoms with Crippen molar-refractivity contribution in [3.8, 4) is 0 Å². The molecule has 0 atom stereocenters. The van der Waals surface area contributed by atoms with Gasteiger partial charge in [-0.3, -0.25) is 9.69 Å². The van der Waals surface area contributed by atoms with Gasteiger partial charge in [0.15, 0.2) is 0 Å². The van der Waals surface area contributed by atoms with Crippen LogP contribution in [0.5, 0.6) is 0 Å². The van der Waals surface area contributed by atoms with E-state index in [-0.39, 0.29) is 5.91 Å². The van der Waals surface area contributed by atoms with Gasteiger partial charge in [0.05, 0.1) is 11.4 Å². The molecule has 2 aromatic rings. The molecule has 25 heavy (non-hydrogen) atoms. The van der Waals surface area contributed by atoms with Gasteiger partial charge in [-0.2, -0.15) is 0 Å². The number of aryl methyl sites for hydroxylation is 4. The molecule has 0 unspecified atom stereocenters. The summed E-state index contributed by atoms with van der Waals surface area (Å²) in [5, 5.41) is 3.90. The molecule has 1 saturated heterocycles. The van der Waals surface area contributed by atoms with Crippen LogP contribution in [0.3, 0.4) is 0 Å². The van der Waals surface area contributed by atoms with Gasteiger partial charge in [0.2, 0.25) is 0 Å². The normalized spacial score (nSPS) is 16.2. The van der Waals surface area contributed by atoms with E-state index in [2.05, 4.69) is 33.9 Å². The first kappa shape index (κ1) is 17.7. The first-order valence-electron chi connectivity index (χ1n) is 8.98. The standard InChI is InChI=1S/C18H27N5O2/c1-5-16-19-12(2)15(20-16)11-22-7-6-8-23(10-9-22)18(24)17-13(3)21-25-14(17)4/h5-11H2,1-4H3,(H,19,20). The first-order valence-corrected chi connectivity index (χ1v) is 8.98. The fourth-order valence-electron chi connectivity index (χ4n) is 3.38. The molecule has 0 spiro atoms. The van der Waals surface area contributed by atoms with E-state index in [1.807, 2.05) is 11.8 Å². The molecule has 0 saturated carbocycles. The van der Waals surface area contributed by atoms with E-state index in [4.69, 9.17) is 4.52 Å². The van der Waals surface area contributed by atoms with Gasteiger partial charge in [0.1, 0.15) is 17.1 Å². The number of aromatic nitrogens is 3. The van der Waals surface area contributed by atoms with Gasteiger partial charge in [-0.15, -0.1) is 0 Å². The topological polar surface area (TPSA) is 78.3 Å². The Labute approximate surface area is 148 Å². The minimum atomic E-state index is 0.0299. The molecular formula is C18H27N5O2. The van der Waals surface area contributed by atoms with Crippen molar-refractivity contribution in [1.82, 2.24) is 24.9 Å². The van der Waals surface area contributed by atoms with E-state index in [0.717, 1.165) is 56.2 Å². The number of carbonyl (C=O) groups is 1. The maximum Gasteiger partial charge on any atom is 0.259 e. The zero-order chi connectivity index (χ0) is 18.0. The molecule has 0 bridgehead atoms. The summed E-state index contributed by atoms with van der Waals surface area (Å²) in [6, 6.07) is 0. The van der Waals surface area contributed by atoms with Gasteiger partial charge >= 0.3 is 0 Å². The van der Waals surface area contributed by atoms with Crippen molar-refractivity contribution in [3.05, 3.63) is 34.2 Å². The van der Waals surface area contributed by atoms with Gasteiger partial charge in [0, 0.05) is 44.8 Å². The summed E-state index contributed by atoms with van der Waals surface area (Å²) in [6.45, 7) is 11.9. The number of hydrogen-bond acceptors (Lipinski definition) is 5. The second kappa shape index (κ2) is 7.39. The van der Waals surface area contributed by atoms with Crippen molar-refractivity contribution < 1.29 is 9.32 Å². The molecule has 136 valence electrons. The van der Waals surface area contributed by atoms with E-state index < -0.39 is 0 Å². The number of aromatic amines is 1. The molecule has 0 radical (unpaired) electrons. The van der Waals surface area contributed by atoms with Gasteiger partial charge in [-0.05, 0) is 27.2 Å². The molecule has 0 aromatic carbocycles. The van der Waals surface area contributed by atoms with Gasteiger partial charge < -0.3 is 14.4 Å². The lowest BCUT2D eigenvalue weighted by Gasteiger charge is -2.21. The Kier molecular flexibility index (Phi) is 5.22. The summed E-state index contributed by atoms with van der Waals surface area (Å²) >= 11 is 0. The number of hydrogen-bond donors (Lipinski definition) is 1. The predicted molar refractivity (Wildman–Crippen MR) is 94.5 cm³/mol. The lowest BCUT2D eigenvalue weighted by molar-refractivity contribution is 0.0758. The van der Waals surface area contributed by atoms with Crippen molar-refractivity contribution >= 4 is 5.91 Å². The molecule has 7 nitrogen and oxygen atoms in total.